The van der Waals surface area contributed by atoms with Crippen LogP contribution in [0.2, 0.25) is 0 Å². The normalized spacial score (nSPS) is 10.7. The van der Waals surface area contributed by atoms with Crippen molar-refractivity contribution < 1.29 is 4.79 Å². The van der Waals surface area contributed by atoms with Crippen LogP contribution in [0.5, 0.6) is 0 Å². The number of nitrogens with one attached hydrogen (secondary N) is 3. The molecule has 0 saturated carbocycles. The van der Waals surface area contributed by atoms with Gasteiger partial charge in [-0.3, -0.25) is 19.6 Å². The number of carbonyl (C=O) groups excluding carboxylic acids is 1. The monoisotopic (exact) mass is 208 g/mol. The molecule has 0 aliphatic carbocycles. The lowest BCUT2D eigenvalue weighted by Crippen LogP contribution is -2.21. The van der Waals surface area contributed by atoms with Crippen molar-refractivity contribution in [2.45, 2.75) is 13.3 Å². The first-order valence-corrected chi connectivity index (χ1v) is 4.27. The number of rotatable bonds is 2. The van der Waals surface area contributed by atoms with Crippen molar-refractivity contribution >= 4 is 16.9 Å². The van der Waals surface area contributed by atoms with Crippen LogP contribution in [0.3, 0.4) is 0 Å². The minimum atomic E-state index is -0.617. The van der Waals surface area contributed by atoms with Crippen LogP contribution in [0.25, 0.3) is 11.2 Å². The molecule has 0 saturated heterocycles. The van der Waals surface area contributed by atoms with Crippen molar-refractivity contribution in [3.8, 4) is 0 Å². The van der Waals surface area contributed by atoms with Gasteiger partial charge in [-0.05, 0) is 6.92 Å². The highest BCUT2D eigenvalue weighted by molar-refractivity contribution is 5.78. The number of Topliss-reactive ketones (excluding diaryl/α,β-unsaturated/α-hetero) is 1. The summed E-state index contributed by atoms with van der Waals surface area (Å²) in [5, 5.41) is 0. The summed E-state index contributed by atoms with van der Waals surface area (Å²) in [7, 11) is 0. The quantitative estimate of drug-likeness (QED) is 0.591. The summed E-state index contributed by atoms with van der Waals surface area (Å²) >= 11 is 0. The highest BCUT2D eigenvalue weighted by atomic mass is 16.2. The van der Waals surface area contributed by atoms with Gasteiger partial charge >= 0.3 is 5.69 Å². The first-order valence-electron chi connectivity index (χ1n) is 4.27. The highest BCUT2D eigenvalue weighted by Gasteiger charge is 2.08. The third-order valence-electron chi connectivity index (χ3n) is 1.86. The Labute approximate surface area is 82.6 Å². The lowest BCUT2D eigenvalue weighted by atomic mass is 10.3. The van der Waals surface area contributed by atoms with E-state index in [0.717, 1.165) is 0 Å². The molecule has 2 heterocycles. The van der Waals surface area contributed by atoms with Crippen LogP contribution in [0.4, 0.5) is 0 Å². The molecule has 2 aromatic rings. The van der Waals surface area contributed by atoms with Crippen LogP contribution in [0.15, 0.2) is 9.59 Å². The van der Waals surface area contributed by atoms with Crippen LogP contribution in [0.1, 0.15) is 12.7 Å². The average Bonchev–Trinajstić information content (AvgIpc) is 2.45. The standard InChI is InChI=1S/C8H8N4O3/c1-3(13)2-4-9-5-6(10-4)11-8(15)12-7(5)14/h2H2,1H3,(H3,9,10,11,12,14,15). The first kappa shape index (κ1) is 9.38. The number of aromatic amines is 3. The maximum Gasteiger partial charge on any atom is 0.327 e. The number of aromatic nitrogens is 4. The number of carbonyl (C=O) groups is 1. The van der Waals surface area contributed by atoms with Gasteiger partial charge < -0.3 is 4.98 Å². The van der Waals surface area contributed by atoms with Crippen LogP contribution in [-0.2, 0) is 11.2 Å². The van der Waals surface area contributed by atoms with Crippen molar-refractivity contribution in [3.63, 3.8) is 0 Å². The Morgan fingerprint density at radius 2 is 2.00 bits per heavy atom. The van der Waals surface area contributed by atoms with E-state index < -0.39 is 11.2 Å². The Balaban J connectivity index is 2.65. The Morgan fingerprint density at radius 3 is 2.67 bits per heavy atom. The fourth-order valence-corrected chi connectivity index (χ4v) is 1.30. The van der Waals surface area contributed by atoms with E-state index in [1.807, 2.05) is 0 Å². The summed E-state index contributed by atoms with van der Waals surface area (Å²) in [6, 6.07) is 0. The van der Waals surface area contributed by atoms with Gasteiger partial charge in [-0.25, -0.2) is 9.78 Å². The summed E-state index contributed by atoms with van der Waals surface area (Å²) < 4.78 is 0. The molecule has 0 spiro atoms. The van der Waals surface area contributed by atoms with Crippen LogP contribution in [-0.4, -0.2) is 25.7 Å². The number of imidazole rings is 1. The molecule has 0 atom stereocenters. The Hall–Kier alpha value is -2.18. The van der Waals surface area contributed by atoms with Gasteiger partial charge in [0.15, 0.2) is 5.65 Å². The van der Waals surface area contributed by atoms with Crippen molar-refractivity contribution in [2.24, 2.45) is 0 Å². The molecule has 7 nitrogen and oxygen atoms in total. The summed E-state index contributed by atoms with van der Waals surface area (Å²) in [4.78, 5) is 44.0. The molecular formula is C8H8N4O3. The van der Waals surface area contributed by atoms with Crippen molar-refractivity contribution in [2.75, 3.05) is 0 Å². The molecule has 2 aromatic heterocycles. The van der Waals surface area contributed by atoms with Gasteiger partial charge in [0.25, 0.3) is 5.56 Å². The van der Waals surface area contributed by atoms with E-state index in [1.165, 1.54) is 6.92 Å². The number of fused-ring (bicyclic) bond motifs is 1. The fourth-order valence-electron chi connectivity index (χ4n) is 1.30. The molecule has 2 rings (SSSR count). The molecule has 0 aliphatic rings. The van der Waals surface area contributed by atoms with Gasteiger partial charge in [0.05, 0.1) is 6.42 Å². The van der Waals surface area contributed by atoms with Gasteiger partial charge in [0, 0.05) is 0 Å². The minimum Gasteiger partial charge on any atom is -0.336 e. The molecule has 3 N–H and O–H groups in total. The van der Waals surface area contributed by atoms with Crippen LogP contribution in [0, 0.1) is 0 Å². The average molecular weight is 208 g/mol. The second-order valence-corrected chi connectivity index (χ2v) is 3.19. The zero-order valence-corrected chi connectivity index (χ0v) is 7.88. The number of hydrogen-bond donors (Lipinski definition) is 3. The SMILES string of the molecule is CC(=O)Cc1nc2[nH]c(=O)[nH]c(=O)c2[nH]1. The number of nitrogens with zero attached hydrogens (tertiary/aromatic N) is 1. The zero-order chi connectivity index (χ0) is 11.0. The molecular weight excluding hydrogens is 200 g/mol. The van der Waals surface area contributed by atoms with Crippen molar-refractivity contribution in [1.29, 1.82) is 0 Å². The smallest absolute Gasteiger partial charge is 0.327 e. The van der Waals surface area contributed by atoms with Crippen molar-refractivity contribution in [1.82, 2.24) is 19.9 Å². The first-order chi connectivity index (χ1) is 7.06. The van der Waals surface area contributed by atoms with E-state index in [1.54, 1.807) is 0 Å². The maximum atomic E-state index is 11.3. The molecule has 0 bridgehead atoms. The van der Waals surface area contributed by atoms with Crippen LogP contribution < -0.4 is 11.2 Å². The zero-order valence-electron chi connectivity index (χ0n) is 7.88. The van der Waals surface area contributed by atoms with Gasteiger partial charge in [-0.2, -0.15) is 0 Å². The molecule has 7 heteroatoms. The van der Waals surface area contributed by atoms with Gasteiger partial charge in [0.1, 0.15) is 17.1 Å². The van der Waals surface area contributed by atoms with E-state index in [4.69, 9.17) is 0 Å². The molecule has 0 unspecified atom stereocenters. The van der Waals surface area contributed by atoms with Gasteiger partial charge in [-0.1, -0.05) is 0 Å². The highest BCUT2D eigenvalue weighted by Crippen LogP contribution is 2.01. The molecule has 0 amide bonds. The third kappa shape index (κ3) is 1.71. The largest absolute Gasteiger partial charge is 0.336 e. The molecule has 0 fully saturated rings. The molecule has 0 radical (unpaired) electrons. The maximum absolute atomic E-state index is 11.3. The number of ketones is 1. The predicted octanol–water partition coefficient (Wildman–Crippen LogP) is -0.929. The predicted molar refractivity (Wildman–Crippen MR) is 51.7 cm³/mol. The molecule has 0 aliphatic heterocycles. The summed E-state index contributed by atoms with van der Waals surface area (Å²) in [5.74, 6) is 0.290. The fraction of sp³-hybridized carbons (Fsp3) is 0.250. The second-order valence-electron chi connectivity index (χ2n) is 3.19. The summed E-state index contributed by atoms with van der Waals surface area (Å²) in [6.45, 7) is 1.42. The lowest BCUT2D eigenvalue weighted by molar-refractivity contribution is -0.116. The van der Waals surface area contributed by atoms with Gasteiger partial charge in [0.2, 0.25) is 0 Å². The van der Waals surface area contributed by atoms with Crippen molar-refractivity contribution in [3.05, 3.63) is 26.7 Å². The number of H-pyrrole nitrogens is 3. The molecule has 78 valence electrons. The second kappa shape index (κ2) is 3.19. The summed E-state index contributed by atoms with van der Waals surface area (Å²) in [5.41, 5.74) is -0.824. The Morgan fingerprint density at radius 1 is 1.27 bits per heavy atom. The van der Waals surface area contributed by atoms with E-state index in [9.17, 15) is 14.4 Å². The Kier molecular flexibility index (Phi) is 2.00. The summed E-state index contributed by atoms with van der Waals surface area (Å²) in [6.07, 6.45) is 0.107. The third-order valence-corrected chi connectivity index (χ3v) is 1.86. The van der Waals surface area contributed by atoms with E-state index in [-0.39, 0.29) is 23.4 Å². The van der Waals surface area contributed by atoms with E-state index in [2.05, 4.69) is 19.9 Å². The van der Waals surface area contributed by atoms with Crippen LogP contribution >= 0.6 is 0 Å². The Bertz CT molecular complexity index is 633. The molecule has 0 aromatic carbocycles. The molecule has 15 heavy (non-hydrogen) atoms. The van der Waals surface area contributed by atoms with Gasteiger partial charge in [-0.15, -0.1) is 0 Å². The van der Waals surface area contributed by atoms with E-state index in [0.29, 0.717) is 5.82 Å². The van der Waals surface area contributed by atoms with E-state index >= 15 is 0 Å². The lowest BCUT2D eigenvalue weighted by Gasteiger charge is -1.86. The topological polar surface area (TPSA) is 111 Å². The minimum absolute atomic E-state index is 0.0761. The number of hydrogen-bond acceptors (Lipinski definition) is 4.